The minimum Gasteiger partial charge on any atom is -0.330 e. The summed E-state index contributed by atoms with van der Waals surface area (Å²) in [6.07, 6.45) is 1.35. The molecular formula is C11H19ClN2O2S. The molecule has 0 aliphatic carbocycles. The highest BCUT2D eigenvalue weighted by atomic mass is 35.5. The second-order valence-corrected chi connectivity index (χ2v) is 5.24. The fourth-order valence-corrected chi connectivity index (χ4v) is 2.83. The topological polar surface area (TPSA) is 72.2 Å². The minimum absolute atomic E-state index is 0. The molecule has 0 amide bonds. The van der Waals surface area contributed by atoms with Gasteiger partial charge in [-0.05, 0) is 31.0 Å². The molecule has 1 aromatic carbocycles. The van der Waals surface area contributed by atoms with E-state index < -0.39 is 10.0 Å². The molecule has 17 heavy (non-hydrogen) atoms. The van der Waals surface area contributed by atoms with E-state index >= 15 is 0 Å². The van der Waals surface area contributed by atoms with Crippen LogP contribution in [-0.4, -0.2) is 21.5 Å². The number of nitrogens with two attached hydrogens (primary N) is 1. The summed E-state index contributed by atoms with van der Waals surface area (Å²) in [6.45, 7) is 2.81. The average Bonchev–Trinajstić information content (AvgIpc) is 2.29. The lowest BCUT2D eigenvalue weighted by atomic mass is 10.2. The Bertz CT molecular complexity index is 435. The van der Waals surface area contributed by atoms with E-state index in [-0.39, 0.29) is 12.4 Å². The van der Waals surface area contributed by atoms with E-state index in [9.17, 15) is 8.42 Å². The first kappa shape index (κ1) is 16.4. The van der Waals surface area contributed by atoms with Crippen molar-refractivity contribution in [1.29, 1.82) is 0 Å². The zero-order valence-corrected chi connectivity index (χ0v) is 11.5. The molecule has 0 spiro atoms. The van der Waals surface area contributed by atoms with E-state index in [1.807, 2.05) is 19.1 Å². The molecule has 0 aliphatic rings. The van der Waals surface area contributed by atoms with Crippen LogP contribution in [0.1, 0.15) is 18.9 Å². The summed E-state index contributed by atoms with van der Waals surface area (Å²) in [6, 6.07) is 7.04. The SMILES string of the molecule is CCc1ccccc1S(=O)(=O)NCCCN.Cl. The number of benzene rings is 1. The van der Waals surface area contributed by atoms with Gasteiger partial charge in [-0.25, -0.2) is 13.1 Å². The Kier molecular flexibility index (Phi) is 7.38. The van der Waals surface area contributed by atoms with E-state index in [0.29, 0.717) is 30.8 Å². The number of hydrogen-bond donors (Lipinski definition) is 2. The van der Waals surface area contributed by atoms with Gasteiger partial charge in [-0.15, -0.1) is 12.4 Å². The van der Waals surface area contributed by atoms with Gasteiger partial charge in [0.05, 0.1) is 4.90 Å². The Morgan fingerprint density at radius 2 is 1.94 bits per heavy atom. The fourth-order valence-electron chi connectivity index (χ4n) is 1.44. The van der Waals surface area contributed by atoms with Gasteiger partial charge in [-0.1, -0.05) is 25.1 Å². The summed E-state index contributed by atoms with van der Waals surface area (Å²) < 4.78 is 26.4. The second kappa shape index (κ2) is 7.66. The molecule has 0 unspecified atom stereocenters. The molecule has 0 heterocycles. The van der Waals surface area contributed by atoms with Crippen LogP contribution in [0.25, 0.3) is 0 Å². The Balaban J connectivity index is 0.00000256. The van der Waals surface area contributed by atoms with E-state index in [4.69, 9.17) is 5.73 Å². The van der Waals surface area contributed by atoms with Crippen molar-refractivity contribution in [2.75, 3.05) is 13.1 Å². The average molecular weight is 279 g/mol. The molecular weight excluding hydrogens is 260 g/mol. The first-order chi connectivity index (χ1) is 7.61. The van der Waals surface area contributed by atoms with Crippen molar-refractivity contribution in [3.05, 3.63) is 29.8 Å². The van der Waals surface area contributed by atoms with E-state index in [1.165, 1.54) is 0 Å². The predicted molar refractivity (Wildman–Crippen MR) is 71.9 cm³/mol. The smallest absolute Gasteiger partial charge is 0.240 e. The van der Waals surface area contributed by atoms with E-state index in [1.54, 1.807) is 12.1 Å². The summed E-state index contributed by atoms with van der Waals surface area (Å²) in [7, 11) is -3.38. The third-order valence-corrected chi connectivity index (χ3v) is 3.88. The Morgan fingerprint density at radius 1 is 1.29 bits per heavy atom. The minimum atomic E-state index is -3.38. The lowest BCUT2D eigenvalue weighted by molar-refractivity contribution is 0.578. The van der Waals surface area contributed by atoms with E-state index in [0.717, 1.165) is 5.56 Å². The third-order valence-electron chi connectivity index (χ3n) is 2.32. The molecule has 0 saturated carbocycles. The molecule has 0 aliphatic heterocycles. The van der Waals surface area contributed by atoms with Crippen LogP contribution in [0.4, 0.5) is 0 Å². The second-order valence-electron chi connectivity index (χ2n) is 3.50. The third kappa shape index (κ3) is 4.63. The molecule has 1 aromatic rings. The van der Waals surface area contributed by atoms with Crippen LogP contribution in [0.5, 0.6) is 0 Å². The van der Waals surface area contributed by atoms with Gasteiger partial charge >= 0.3 is 0 Å². The lowest BCUT2D eigenvalue weighted by Crippen LogP contribution is -2.27. The van der Waals surface area contributed by atoms with Crippen LogP contribution in [0.2, 0.25) is 0 Å². The van der Waals surface area contributed by atoms with Crippen molar-refractivity contribution in [2.24, 2.45) is 5.73 Å². The summed E-state index contributed by atoms with van der Waals surface area (Å²) >= 11 is 0. The van der Waals surface area contributed by atoms with Crippen LogP contribution in [0, 0.1) is 0 Å². The maximum atomic E-state index is 11.9. The van der Waals surface area contributed by atoms with E-state index in [2.05, 4.69) is 4.72 Å². The lowest BCUT2D eigenvalue weighted by Gasteiger charge is -2.09. The van der Waals surface area contributed by atoms with Crippen molar-refractivity contribution in [2.45, 2.75) is 24.7 Å². The highest BCUT2D eigenvalue weighted by molar-refractivity contribution is 7.89. The maximum absolute atomic E-state index is 11.9. The number of nitrogens with one attached hydrogen (secondary N) is 1. The zero-order chi connectivity index (χ0) is 12.0. The summed E-state index contributed by atoms with van der Waals surface area (Å²) in [4.78, 5) is 0.370. The maximum Gasteiger partial charge on any atom is 0.240 e. The molecule has 98 valence electrons. The number of aryl methyl sites for hydroxylation is 1. The molecule has 3 N–H and O–H groups in total. The summed E-state index contributed by atoms with van der Waals surface area (Å²) in [5.74, 6) is 0. The standard InChI is InChI=1S/C11H18N2O2S.ClH/c1-2-10-6-3-4-7-11(10)16(14,15)13-9-5-8-12;/h3-4,6-7,13H,2,5,8-9,12H2,1H3;1H. The van der Waals surface area contributed by atoms with Gasteiger partial charge in [0.1, 0.15) is 0 Å². The fraction of sp³-hybridized carbons (Fsp3) is 0.455. The monoisotopic (exact) mass is 278 g/mol. The van der Waals surface area contributed by atoms with Gasteiger partial charge in [0.15, 0.2) is 0 Å². The van der Waals surface area contributed by atoms with Crippen molar-refractivity contribution < 1.29 is 8.42 Å². The van der Waals surface area contributed by atoms with Gasteiger partial charge in [-0.2, -0.15) is 0 Å². The van der Waals surface area contributed by atoms with Crippen molar-refractivity contribution in [3.8, 4) is 0 Å². The number of sulfonamides is 1. The molecule has 4 nitrogen and oxygen atoms in total. The zero-order valence-electron chi connectivity index (χ0n) is 9.85. The number of halogens is 1. The largest absolute Gasteiger partial charge is 0.330 e. The molecule has 6 heteroatoms. The van der Waals surface area contributed by atoms with Gasteiger partial charge in [-0.3, -0.25) is 0 Å². The number of hydrogen-bond acceptors (Lipinski definition) is 3. The van der Waals surface area contributed by atoms with Crippen LogP contribution in [0.3, 0.4) is 0 Å². The van der Waals surface area contributed by atoms with Crippen molar-refractivity contribution in [3.63, 3.8) is 0 Å². The molecule has 0 saturated heterocycles. The van der Waals surface area contributed by atoms with Crippen molar-refractivity contribution >= 4 is 22.4 Å². The predicted octanol–water partition coefficient (Wildman–Crippen LogP) is 1.30. The van der Waals surface area contributed by atoms with Crippen LogP contribution in [0.15, 0.2) is 29.2 Å². The van der Waals surface area contributed by atoms with Gasteiger partial charge in [0.2, 0.25) is 10.0 Å². The first-order valence-electron chi connectivity index (χ1n) is 5.39. The van der Waals surface area contributed by atoms with Crippen LogP contribution in [-0.2, 0) is 16.4 Å². The first-order valence-corrected chi connectivity index (χ1v) is 6.87. The number of rotatable bonds is 6. The Hall–Kier alpha value is -0.620. The van der Waals surface area contributed by atoms with Crippen molar-refractivity contribution in [1.82, 2.24) is 4.72 Å². The van der Waals surface area contributed by atoms with Gasteiger partial charge in [0, 0.05) is 6.54 Å². The summed E-state index contributed by atoms with van der Waals surface area (Å²) in [5, 5.41) is 0. The summed E-state index contributed by atoms with van der Waals surface area (Å²) in [5.41, 5.74) is 6.15. The molecule has 1 rings (SSSR count). The highest BCUT2D eigenvalue weighted by Gasteiger charge is 2.15. The molecule has 0 aromatic heterocycles. The normalized spacial score (nSPS) is 10.9. The molecule has 0 atom stereocenters. The molecule has 0 radical (unpaired) electrons. The quantitative estimate of drug-likeness (QED) is 0.771. The highest BCUT2D eigenvalue weighted by Crippen LogP contribution is 2.15. The van der Waals surface area contributed by atoms with Crippen LogP contribution < -0.4 is 10.5 Å². The van der Waals surface area contributed by atoms with Crippen LogP contribution >= 0.6 is 12.4 Å². The van der Waals surface area contributed by atoms with Gasteiger partial charge in [0.25, 0.3) is 0 Å². The Morgan fingerprint density at radius 3 is 2.53 bits per heavy atom. The molecule has 0 fully saturated rings. The van der Waals surface area contributed by atoms with Gasteiger partial charge < -0.3 is 5.73 Å². The molecule has 0 bridgehead atoms. The Labute approximate surface area is 109 Å².